The number of amides is 1. The Bertz CT molecular complexity index is 492. The van der Waals surface area contributed by atoms with Crippen molar-refractivity contribution in [2.45, 2.75) is 51.2 Å². The molecule has 3 nitrogen and oxygen atoms in total. The molecular weight excluding hydrogens is 250 g/mol. The topological polar surface area (TPSA) is 49.3 Å². The number of hydrogen-bond acceptors (Lipinski definition) is 2. The molecule has 1 amide bonds. The van der Waals surface area contributed by atoms with Crippen LogP contribution in [-0.2, 0) is 11.2 Å². The van der Waals surface area contributed by atoms with Gasteiger partial charge in [-0.05, 0) is 42.7 Å². The summed E-state index contributed by atoms with van der Waals surface area (Å²) in [5, 5.41) is 13.3. The second-order valence-corrected chi connectivity index (χ2v) is 6.41. The second kappa shape index (κ2) is 5.57. The molecule has 1 aromatic carbocycles. The van der Waals surface area contributed by atoms with Gasteiger partial charge in [0.2, 0.25) is 5.91 Å². The number of fused-ring (bicyclic) bond motifs is 1. The van der Waals surface area contributed by atoms with E-state index >= 15 is 0 Å². The first-order valence-corrected chi connectivity index (χ1v) is 7.71. The number of aliphatic hydroxyl groups excluding tert-OH is 1. The molecule has 0 spiro atoms. The Hall–Kier alpha value is -1.35. The Morgan fingerprint density at radius 2 is 1.90 bits per heavy atom. The zero-order valence-electron chi connectivity index (χ0n) is 12.0. The normalized spacial score (nSPS) is 32.7. The van der Waals surface area contributed by atoms with Gasteiger partial charge in [-0.25, -0.2) is 0 Å². The predicted octanol–water partition coefficient (Wildman–Crippen LogP) is 2.59. The van der Waals surface area contributed by atoms with Gasteiger partial charge in [-0.1, -0.05) is 31.2 Å². The van der Waals surface area contributed by atoms with Crippen molar-refractivity contribution < 1.29 is 9.90 Å². The molecule has 0 radical (unpaired) electrons. The van der Waals surface area contributed by atoms with Gasteiger partial charge in [0.15, 0.2) is 0 Å². The van der Waals surface area contributed by atoms with Crippen molar-refractivity contribution in [2.24, 2.45) is 11.8 Å². The maximum absolute atomic E-state index is 12.4. The molecule has 108 valence electrons. The highest BCUT2D eigenvalue weighted by molar-refractivity contribution is 5.79. The first-order chi connectivity index (χ1) is 9.65. The summed E-state index contributed by atoms with van der Waals surface area (Å²) in [6.45, 7) is 2.26. The second-order valence-electron chi connectivity index (χ2n) is 6.41. The molecule has 3 rings (SSSR count). The Kier molecular flexibility index (Phi) is 3.79. The fourth-order valence-electron chi connectivity index (χ4n) is 3.54. The smallest absolute Gasteiger partial charge is 0.223 e. The van der Waals surface area contributed by atoms with Gasteiger partial charge >= 0.3 is 0 Å². The molecule has 2 atom stereocenters. The number of benzene rings is 1. The molecule has 20 heavy (non-hydrogen) atoms. The summed E-state index contributed by atoms with van der Waals surface area (Å²) in [5.41, 5.74) is 2.24. The number of carbonyl (C=O) groups is 1. The van der Waals surface area contributed by atoms with Crippen LogP contribution in [0.15, 0.2) is 24.3 Å². The van der Waals surface area contributed by atoms with Crippen LogP contribution in [0, 0.1) is 11.8 Å². The van der Waals surface area contributed by atoms with Gasteiger partial charge in [0.05, 0.1) is 12.1 Å². The quantitative estimate of drug-likeness (QED) is 0.870. The minimum absolute atomic E-state index is 0.123. The summed E-state index contributed by atoms with van der Waals surface area (Å²) in [4.78, 5) is 12.4. The lowest BCUT2D eigenvalue weighted by Crippen LogP contribution is -2.38. The van der Waals surface area contributed by atoms with E-state index in [-0.39, 0.29) is 17.9 Å². The zero-order valence-corrected chi connectivity index (χ0v) is 12.0. The highest BCUT2D eigenvalue weighted by Gasteiger charge is 2.34. The predicted molar refractivity (Wildman–Crippen MR) is 78.2 cm³/mol. The van der Waals surface area contributed by atoms with Crippen molar-refractivity contribution in [3.8, 4) is 0 Å². The van der Waals surface area contributed by atoms with Gasteiger partial charge in [-0.15, -0.1) is 0 Å². The molecule has 2 aliphatic carbocycles. The van der Waals surface area contributed by atoms with E-state index in [9.17, 15) is 9.90 Å². The van der Waals surface area contributed by atoms with E-state index < -0.39 is 6.10 Å². The van der Waals surface area contributed by atoms with E-state index in [1.165, 1.54) is 0 Å². The zero-order chi connectivity index (χ0) is 14.1. The average molecular weight is 273 g/mol. The largest absolute Gasteiger partial charge is 0.390 e. The van der Waals surface area contributed by atoms with E-state index in [0.717, 1.165) is 42.7 Å². The van der Waals surface area contributed by atoms with Crippen molar-refractivity contribution >= 4 is 5.91 Å². The molecule has 1 fully saturated rings. The molecule has 0 aliphatic heterocycles. The maximum Gasteiger partial charge on any atom is 0.223 e. The van der Waals surface area contributed by atoms with Gasteiger partial charge in [-0.2, -0.15) is 0 Å². The van der Waals surface area contributed by atoms with Crippen LogP contribution in [0.25, 0.3) is 0 Å². The average Bonchev–Trinajstić information content (AvgIpc) is 2.76. The lowest BCUT2D eigenvalue weighted by molar-refractivity contribution is -0.127. The summed E-state index contributed by atoms with van der Waals surface area (Å²) in [6, 6.07) is 7.78. The third-order valence-electron chi connectivity index (χ3n) is 4.89. The summed E-state index contributed by atoms with van der Waals surface area (Å²) >= 11 is 0. The van der Waals surface area contributed by atoms with Crippen LogP contribution in [0.2, 0.25) is 0 Å². The Labute approximate surface area is 120 Å². The molecule has 1 saturated carbocycles. The first-order valence-electron chi connectivity index (χ1n) is 7.71. The van der Waals surface area contributed by atoms with Crippen molar-refractivity contribution in [3.05, 3.63) is 35.4 Å². The number of hydrogen-bond donors (Lipinski definition) is 2. The highest BCUT2D eigenvalue weighted by atomic mass is 16.3. The first kappa shape index (κ1) is 13.6. The monoisotopic (exact) mass is 273 g/mol. The van der Waals surface area contributed by atoms with Crippen molar-refractivity contribution in [3.63, 3.8) is 0 Å². The molecule has 0 unspecified atom stereocenters. The standard InChI is InChI=1S/C17H23NO2/c1-11-6-8-12(9-7-11)17(20)18-16-14-5-3-2-4-13(14)10-15(16)19/h2-5,11-12,15-16,19H,6-10H2,1H3,(H,18,20)/t11?,12?,15-,16+/m1/s1. The lowest BCUT2D eigenvalue weighted by atomic mass is 9.82. The van der Waals surface area contributed by atoms with Crippen LogP contribution >= 0.6 is 0 Å². The third kappa shape index (κ3) is 2.59. The molecule has 0 saturated heterocycles. The SMILES string of the molecule is CC1CCC(C(=O)N[C@H]2c3ccccc3C[C@H]2O)CC1. The van der Waals surface area contributed by atoms with Gasteiger partial charge in [0, 0.05) is 12.3 Å². The molecule has 3 heteroatoms. The Morgan fingerprint density at radius 1 is 1.20 bits per heavy atom. The molecule has 2 N–H and O–H groups in total. The molecule has 1 aromatic rings. The maximum atomic E-state index is 12.4. The fourth-order valence-corrected chi connectivity index (χ4v) is 3.54. The van der Waals surface area contributed by atoms with Gasteiger partial charge in [0.1, 0.15) is 0 Å². The number of nitrogens with one attached hydrogen (secondary N) is 1. The van der Waals surface area contributed by atoms with Crippen LogP contribution in [0.4, 0.5) is 0 Å². The van der Waals surface area contributed by atoms with E-state index in [4.69, 9.17) is 0 Å². The molecular formula is C17H23NO2. The fraction of sp³-hybridized carbons (Fsp3) is 0.588. The van der Waals surface area contributed by atoms with Gasteiger partial charge < -0.3 is 10.4 Å². The minimum atomic E-state index is -0.487. The van der Waals surface area contributed by atoms with Crippen LogP contribution < -0.4 is 5.32 Å². The summed E-state index contributed by atoms with van der Waals surface area (Å²) in [7, 11) is 0. The van der Waals surface area contributed by atoms with Crippen molar-refractivity contribution in [2.75, 3.05) is 0 Å². The van der Waals surface area contributed by atoms with E-state index in [0.29, 0.717) is 6.42 Å². The van der Waals surface area contributed by atoms with Crippen LogP contribution in [-0.4, -0.2) is 17.1 Å². The van der Waals surface area contributed by atoms with Crippen molar-refractivity contribution in [1.82, 2.24) is 5.32 Å². The summed E-state index contributed by atoms with van der Waals surface area (Å²) < 4.78 is 0. The van der Waals surface area contributed by atoms with Crippen LogP contribution in [0.1, 0.15) is 49.8 Å². The molecule has 0 heterocycles. The summed E-state index contributed by atoms with van der Waals surface area (Å²) in [5.74, 6) is 1.00. The highest BCUT2D eigenvalue weighted by Crippen LogP contribution is 2.33. The molecule has 0 aromatic heterocycles. The Balaban J connectivity index is 1.67. The van der Waals surface area contributed by atoms with Gasteiger partial charge in [0.25, 0.3) is 0 Å². The van der Waals surface area contributed by atoms with Crippen LogP contribution in [0.3, 0.4) is 0 Å². The molecule has 2 aliphatic rings. The summed E-state index contributed by atoms with van der Waals surface area (Å²) in [6.07, 6.45) is 4.40. The van der Waals surface area contributed by atoms with Crippen molar-refractivity contribution in [1.29, 1.82) is 0 Å². The van der Waals surface area contributed by atoms with Crippen LogP contribution in [0.5, 0.6) is 0 Å². The van der Waals surface area contributed by atoms with Gasteiger partial charge in [-0.3, -0.25) is 4.79 Å². The Morgan fingerprint density at radius 3 is 2.65 bits per heavy atom. The minimum Gasteiger partial charge on any atom is -0.390 e. The van der Waals surface area contributed by atoms with E-state index in [1.54, 1.807) is 0 Å². The molecule has 0 bridgehead atoms. The number of aliphatic hydroxyl groups is 1. The lowest BCUT2D eigenvalue weighted by Gasteiger charge is -2.27. The number of rotatable bonds is 2. The van der Waals surface area contributed by atoms with E-state index in [1.807, 2.05) is 24.3 Å². The van der Waals surface area contributed by atoms with E-state index in [2.05, 4.69) is 12.2 Å². The third-order valence-corrected chi connectivity index (χ3v) is 4.89. The number of carbonyl (C=O) groups excluding carboxylic acids is 1.